The molecule has 0 aromatic heterocycles. The van der Waals surface area contributed by atoms with Gasteiger partial charge in [-0.3, -0.25) is 15.3 Å². The summed E-state index contributed by atoms with van der Waals surface area (Å²) < 4.78 is 0. The molecule has 5 nitrogen and oxygen atoms in total. The lowest BCUT2D eigenvalue weighted by molar-refractivity contribution is -0.138. The summed E-state index contributed by atoms with van der Waals surface area (Å²) in [7, 11) is 0. The van der Waals surface area contributed by atoms with Gasteiger partial charge in [0.15, 0.2) is 0 Å². The molecule has 25 heavy (non-hydrogen) atoms. The Hall–Kier alpha value is -2.21. The van der Waals surface area contributed by atoms with Gasteiger partial charge in [0, 0.05) is 6.54 Å². The van der Waals surface area contributed by atoms with E-state index in [0.29, 0.717) is 32.2 Å². The molecule has 1 aliphatic rings. The van der Waals surface area contributed by atoms with Crippen LogP contribution in [0.1, 0.15) is 31.2 Å². The van der Waals surface area contributed by atoms with Gasteiger partial charge in [-0.05, 0) is 42.4 Å². The lowest BCUT2D eigenvalue weighted by Gasteiger charge is -2.37. The Morgan fingerprint density at radius 1 is 1.00 bits per heavy atom. The van der Waals surface area contributed by atoms with Crippen LogP contribution in [0, 0.1) is 0 Å². The highest BCUT2D eigenvalue weighted by Gasteiger charge is 2.41. The van der Waals surface area contributed by atoms with E-state index >= 15 is 0 Å². The maximum absolute atomic E-state index is 12.2. The second kappa shape index (κ2) is 7.78. The van der Waals surface area contributed by atoms with Crippen molar-refractivity contribution in [3.05, 3.63) is 60.2 Å². The molecule has 2 aromatic rings. The Kier molecular flexibility index (Phi) is 5.48. The zero-order valence-electron chi connectivity index (χ0n) is 14.1. The number of hydroxylamine groups is 1. The van der Waals surface area contributed by atoms with Crippen molar-refractivity contribution in [3.63, 3.8) is 0 Å². The minimum Gasteiger partial charge on any atom is -0.393 e. The topological polar surface area (TPSA) is 81.6 Å². The lowest BCUT2D eigenvalue weighted by Crippen LogP contribution is -2.58. The molecule has 1 fully saturated rings. The van der Waals surface area contributed by atoms with Crippen molar-refractivity contribution >= 4 is 5.91 Å². The maximum atomic E-state index is 12.2. The van der Waals surface area contributed by atoms with Crippen LogP contribution < -0.4 is 10.8 Å². The summed E-state index contributed by atoms with van der Waals surface area (Å²) in [5.41, 5.74) is 4.32. The van der Waals surface area contributed by atoms with Crippen LogP contribution in [0.3, 0.4) is 0 Å². The molecule has 0 atom stereocenters. The molecular weight excluding hydrogens is 316 g/mol. The van der Waals surface area contributed by atoms with Gasteiger partial charge in [-0.15, -0.1) is 0 Å². The van der Waals surface area contributed by atoms with Crippen molar-refractivity contribution in [2.45, 2.75) is 43.9 Å². The molecule has 3 rings (SSSR count). The summed E-state index contributed by atoms with van der Waals surface area (Å²) in [6.45, 7) is 0.526. The maximum Gasteiger partial charge on any atom is 0.263 e. The SMILES string of the molecule is O=C(NO)[C@]1(NCc2ccc(-c3ccccc3)cc2)CC[C@H](O)CC1. The van der Waals surface area contributed by atoms with Crippen LogP contribution in [-0.4, -0.2) is 27.9 Å². The van der Waals surface area contributed by atoms with Crippen molar-refractivity contribution in [1.82, 2.24) is 10.8 Å². The minimum atomic E-state index is -0.827. The molecule has 1 aliphatic carbocycles. The first-order chi connectivity index (χ1) is 12.1. The molecule has 4 N–H and O–H groups in total. The third-order valence-corrected chi connectivity index (χ3v) is 5.04. The summed E-state index contributed by atoms with van der Waals surface area (Å²) >= 11 is 0. The largest absolute Gasteiger partial charge is 0.393 e. The number of hydrogen-bond donors (Lipinski definition) is 4. The highest BCUT2D eigenvalue weighted by atomic mass is 16.5. The van der Waals surface area contributed by atoms with Gasteiger partial charge in [-0.1, -0.05) is 54.6 Å². The average Bonchev–Trinajstić information content (AvgIpc) is 2.68. The van der Waals surface area contributed by atoms with E-state index in [0.717, 1.165) is 11.1 Å². The molecule has 0 saturated heterocycles. The molecule has 5 heteroatoms. The highest BCUT2D eigenvalue weighted by Crippen LogP contribution is 2.29. The van der Waals surface area contributed by atoms with E-state index in [1.807, 2.05) is 30.3 Å². The van der Waals surface area contributed by atoms with Crippen LogP contribution in [-0.2, 0) is 11.3 Å². The predicted octanol–water partition coefficient (Wildman–Crippen LogP) is 2.62. The molecule has 2 aromatic carbocycles. The zero-order valence-corrected chi connectivity index (χ0v) is 14.1. The monoisotopic (exact) mass is 340 g/mol. The van der Waals surface area contributed by atoms with Crippen LogP contribution in [0.15, 0.2) is 54.6 Å². The number of hydrogen-bond acceptors (Lipinski definition) is 4. The summed E-state index contributed by atoms with van der Waals surface area (Å²) in [5, 5.41) is 22.1. The van der Waals surface area contributed by atoms with Crippen molar-refractivity contribution in [1.29, 1.82) is 0 Å². The van der Waals surface area contributed by atoms with E-state index in [-0.39, 0.29) is 6.10 Å². The van der Waals surface area contributed by atoms with E-state index in [9.17, 15) is 9.90 Å². The van der Waals surface area contributed by atoms with E-state index in [1.165, 1.54) is 5.56 Å². The van der Waals surface area contributed by atoms with Crippen molar-refractivity contribution in [2.24, 2.45) is 0 Å². The normalized spacial score (nSPS) is 23.2. The Labute approximate surface area is 147 Å². The number of aliphatic hydroxyl groups excluding tert-OH is 1. The summed E-state index contributed by atoms with van der Waals surface area (Å²) in [6.07, 6.45) is 1.73. The van der Waals surface area contributed by atoms with Crippen molar-refractivity contribution in [2.75, 3.05) is 0 Å². The van der Waals surface area contributed by atoms with E-state index in [2.05, 4.69) is 29.6 Å². The third-order valence-electron chi connectivity index (χ3n) is 5.04. The van der Waals surface area contributed by atoms with Gasteiger partial charge in [0.05, 0.1) is 6.10 Å². The van der Waals surface area contributed by atoms with Crippen LogP contribution in [0.2, 0.25) is 0 Å². The molecule has 0 radical (unpaired) electrons. The minimum absolute atomic E-state index is 0.369. The van der Waals surface area contributed by atoms with E-state index in [4.69, 9.17) is 5.21 Å². The summed E-state index contributed by atoms with van der Waals surface area (Å²) in [4.78, 5) is 12.2. The molecule has 0 bridgehead atoms. The fourth-order valence-corrected chi connectivity index (χ4v) is 3.40. The van der Waals surface area contributed by atoms with Crippen LogP contribution in [0.5, 0.6) is 0 Å². The fraction of sp³-hybridized carbons (Fsp3) is 0.350. The van der Waals surface area contributed by atoms with Crippen LogP contribution >= 0.6 is 0 Å². The summed E-state index contributed by atoms with van der Waals surface area (Å²) in [5.74, 6) is -0.430. The molecule has 0 aliphatic heterocycles. The van der Waals surface area contributed by atoms with Gasteiger partial charge >= 0.3 is 0 Å². The summed E-state index contributed by atoms with van der Waals surface area (Å²) in [6, 6.07) is 18.4. The first kappa shape index (κ1) is 17.6. The molecule has 0 heterocycles. The Bertz CT molecular complexity index is 693. The van der Waals surface area contributed by atoms with Crippen molar-refractivity contribution in [3.8, 4) is 11.1 Å². The zero-order chi connectivity index (χ0) is 17.7. The second-order valence-corrected chi connectivity index (χ2v) is 6.67. The van der Waals surface area contributed by atoms with Crippen LogP contribution in [0.4, 0.5) is 0 Å². The van der Waals surface area contributed by atoms with Crippen LogP contribution in [0.25, 0.3) is 11.1 Å². The molecule has 1 amide bonds. The first-order valence-electron chi connectivity index (χ1n) is 8.65. The molecule has 132 valence electrons. The Balaban J connectivity index is 1.68. The number of amides is 1. The number of aliphatic hydroxyl groups is 1. The van der Waals surface area contributed by atoms with Gasteiger partial charge in [-0.2, -0.15) is 0 Å². The highest BCUT2D eigenvalue weighted by molar-refractivity contribution is 5.85. The van der Waals surface area contributed by atoms with Gasteiger partial charge in [-0.25, -0.2) is 5.48 Å². The smallest absolute Gasteiger partial charge is 0.263 e. The average molecular weight is 340 g/mol. The number of rotatable bonds is 5. The number of carbonyl (C=O) groups is 1. The standard InChI is InChI=1S/C20H24N2O3/c23-18-10-12-20(13-11-18,19(24)22-25)21-14-15-6-8-17(9-7-15)16-4-2-1-3-5-16/h1-9,18,21,23,25H,10-14H2,(H,22,24)/t18-,20-. The number of nitrogens with one attached hydrogen (secondary N) is 2. The number of carbonyl (C=O) groups excluding carboxylic acids is 1. The predicted molar refractivity (Wildman–Crippen MR) is 95.9 cm³/mol. The van der Waals surface area contributed by atoms with Gasteiger partial charge in [0.2, 0.25) is 0 Å². The van der Waals surface area contributed by atoms with Crippen molar-refractivity contribution < 1.29 is 15.1 Å². The third kappa shape index (κ3) is 4.07. The Morgan fingerprint density at radius 3 is 2.20 bits per heavy atom. The number of benzene rings is 2. The van der Waals surface area contributed by atoms with Gasteiger partial charge in [0.1, 0.15) is 5.54 Å². The van der Waals surface area contributed by atoms with Gasteiger partial charge < -0.3 is 5.11 Å². The Morgan fingerprint density at radius 2 is 1.60 bits per heavy atom. The van der Waals surface area contributed by atoms with E-state index < -0.39 is 11.4 Å². The lowest BCUT2D eigenvalue weighted by atomic mass is 9.79. The molecule has 1 saturated carbocycles. The van der Waals surface area contributed by atoms with Gasteiger partial charge in [0.25, 0.3) is 5.91 Å². The second-order valence-electron chi connectivity index (χ2n) is 6.67. The molecule has 0 spiro atoms. The quantitative estimate of drug-likeness (QED) is 0.498. The van der Waals surface area contributed by atoms with E-state index in [1.54, 1.807) is 5.48 Å². The first-order valence-corrected chi connectivity index (χ1v) is 8.65. The fourth-order valence-electron chi connectivity index (χ4n) is 3.40. The molecular formula is C20H24N2O3. The molecule has 0 unspecified atom stereocenters.